The van der Waals surface area contributed by atoms with E-state index in [1.807, 2.05) is 4.90 Å². The molecule has 2 saturated heterocycles. The summed E-state index contributed by atoms with van der Waals surface area (Å²) in [5.74, 6) is 2.95. The molecule has 6 rings (SSSR count). The van der Waals surface area contributed by atoms with E-state index in [4.69, 9.17) is 4.74 Å². The molecule has 2 bridgehead atoms. The van der Waals surface area contributed by atoms with Gasteiger partial charge in [0.1, 0.15) is 0 Å². The fourth-order valence-corrected chi connectivity index (χ4v) is 8.63. The Morgan fingerprint density at radius 1 is 1.20 bits per heavy atom. The number of amides is 1. The molecule has 192 valence electrons. The summed E-state index contributed by atoms with van der Waals surface area (Å²) < 4.78 is 46.1. The highest BCUT2D eigenvalue weighted by Crippen LogP contribution is 2.62. The van der Waals surface area contributed by atoms with Crippen LogP contribution in [0.4, 0.5) is 13.2 Å². The number of aromatic nitrogens is 1. The van der Waals surface area contributed by atoms with Crippen molar-refractivity contribution in [2.45, 2.75) is 96.6 Å². The first-order valence-electron chi connectivity index (χ1n) is 13.5. The number of hydrogen-bond donors (Lipinski definition) is 0. The quantitative estimate of drug-likeness (QED) is 0.520. The molecule has 5 aliphatic rings. The normalized spacial score (nSPS) is 40.4. The molecule has 7 atom stereocenters. The van der Waals surface area contributed by atoms with Gasteiger partial charge in [0, 0.05) is 31.4 Å². The number of halogens is 3. The average Bonchev–Trinajstić information content (AvgIpc) is 3.57. The van der Waals surface area contributed by atoms with E-state index >= 15 is 0 Å². The molecule has 4 nitrogen and oxygen atoms in total. The minimum absolute atomic E-state index is 0.0676. The van der Waals surface area contributed by atoms with Crippen LogP contribution in [0.3, 0.4) is 0 Å². The predicted molar refractivity (Wildman–Crippen MR) is 125 cm³/mol. The van der Waals surface area contributed by atoms with Crippen LogP contribution in [0.15, 0.2) is 12.3 Å². The molecule has 4 fully saturated rings. The van der Waals surface area contributed by atoms with Crippen LogP contribution in [0.1, 0.15) is 82.5 Å². The molecule has 4 unspecified atom stereocenters. The summed E-state index contributed by atoms with van der Waals surface area (Å²) in [6.45, 7) is 7.38. The second kappa shape index (κ2) is 7.93. The Labute approximate surface area is 206 Å². The lowest BCUT2D eigenvalue weighted by Gasteiger charge is -2.40. The Morgan fingerprint density at radius 3 is 2.71 bits per heavy atom. The largest absolute Gasteiger partial charge is 0.417 e. The highest BCUT2D eigenvalue weighted by atomic mass is 19.4. The van der Waals surface area contributed by atoms with Gasteiger partial charge in [-0.15, -0.1) is 0 Å². The number of carbonyl (C=O) groups is 1. The predicted octanol–water partition coefficient (Wildman–Crippen LogP) is 6.02. The van der Waals surface area contributed by atoms with Crippen LogP contribution in [-0.2, 0) is 28.7 Å². The van der Waals surface area contributed by atoms with Crippen molar-refractivity contribution in [2.75, 3.05) is 6.54 Å². The van der Waals surface area contributed by atoms with E-state index in [2.05, 4.69) is 25.8 Å². The third-order valence-corrected chi connectivity index (χ3v) is 10.7. The molecule has 2 aliphatic carbocycles. The van der Waals surface area contributed by atoms with E-state index in [1.54, 1.807) is 0 Å². The fraction of sp³-hybridized carbons (Fsp3) is 0.786. The van der Waals surface area contributed by atoms with Gasteiger partial charge in [-0.25, -0.2) is 0 Å². The molecule has 7 heteroatoms. The fourth-order valence-electron chi connectivity index (χ4n) is 8.63. The lowest BCUT2D eigenvalue weighted by atomic mass is 9.72. The van der Waals surface area contributed by atoms with E-state index in [0.29, 0.717) is 54.0 Å². The molecule has 1 amide bonds. The zero-order valence-corrected chi connectivity index (χ0v) is 21.0. The van der Waals surface area contributed by atoms with Gasteiger partial charge in [-0.2, -0.15) is 13.2 Å². The maximum Gasteiger partial charge on any atom is 0.417 e. The van der Waals surface area contributed by atoms with Gasteiger partial charge in [0.25, 0.3) is 0 Å². The van der Waals surface area contributed by atoms with E-state index in [1.165, 1.54) is 31.7 Å². The van der Waals surface area contributed by atoms with Gasteiger partial charge >= 0.3 is 6.18 Å². The molecule has 2 saturated carbocycles. The van der Waals surface area contributed by atoms with Crippen molar-refractivity contribution >= 4 is 5.91 Å². The first kappa shape index (κ1) is 23.7. The molecule has 1 aromatic heterocycles. The Balaban J connectivity index is 1.18. The average molecular weight is 491 g/mol. The molecule has 0 radical (unpaired) electrons. The first-order valence-corrected chi connectivity index (χ1v) is 13.5. The van der Waals surface area contributed by atoms with Crippen molar-refractivity contribution in [2.24, 2.45) is 35.0 Å². The zero-order valence-electron chi connectivity index (χ0n) is 21.0. The smallest absolute Gasteiger partial charge is 0.371 e. The van der Waals surface area contributed by atoms with Crippen molar-refractivity contribution in [3.05, 3.63) is 29.1 Å². The zero-order chi connectivity index (χ0) is 24.8. The van der Waals surface area contributed by atoms with Crippen LogP contribution in [0, 0.1) is 35.0 Å². The van der Waals surface area contributed by atoms with Gasteiger partial charge in [0.2, 0.25) is 5.91 Å². The Bertz CT molecular complexity index is 1030. The molecule has 1 aromatic rings. The maximum absolute atomic E-state index is 14.0. The Kier molecular flexibility index (Phi) is 5.38. The maximum atomic E-state index is 14.0. The minimum Gasteiger partial charge on any atom is -0.371 e. The molecule has 0 N–H and O–H groups in total. The van der Waals surface area contributed by atoms with Gasteiger partial charge in [-0.1, -0.05) is 13.8 Å². The third kappa shape index (κ3) is 3.66. The number of pyridine rings is 1. The molecule has 3 aliphatic heterocycles. The second-order valence-electron chi connectivity index (χ2n) is 12.6. The Morgan fingerprint density at radius 2 is 2.00 bits per heavy atom. The number of hydrogen-bond acceptors (Lipinski definition) is 3. The summed E-state index contributed by atoms with van der Waals surface area (Å²) in [7, 11) is 0. The van der Waals surface area contributed by atoms with Gasteiger partial charge in [0.15, 0.2) is 0 Å². The third-order valence-electron chi connectivity index (χ3n) is 10.7. The summed E-state index contributed by atoms with van der Waals surface area (Å²) in [5, 5.41) is 0. The van der Waals surface area contributed by atoms with Crippen LogP contribution in [0.25, 0.3) is 0 Å². The van der Waals surface area contributed by atoms with Gasteiger partial charge < -0.3 is 9.64 Å². The summed E-state index contributed by atoms with van der Waals surface area (Å²) in [4.78, 5) is 19.9. The monoisotopic (exact) mass is 490 g/mol. The van der Waals surface area contributed by atoms with E-state index in [0.717, 1.165) is 25.5 Å². The van der Waals surface area contributed by atoms with Crippen LogP contribution in [-0.4, -0.2) is 34.0 Å². The first-order chi connectivity index (χ1) is 16.5. The molecule has 35 heavy (non-hydrogen) atoms. The highest BCUT2D eigenvalue weighted by molar-refractivity contribution is 5.83. The molecule has 0 aromatic carbocycles. The van der Waals surface area contributed by atoms with Gasteiger partial charge in [-0.3, -0.25) is 9.78 Å². The van der Waals surface area contributed by atoms with Crippen molar-refractivity contribution < 1.29 is 22.7 Å². The summed E-state index contributed by atoms with van der Waals surface area (Å²) >= 11 is 0. The summed E-state index contributed by atoms with van der Waals surface area (Å²) in [6, 6.07) is 1.19. The van der Waals surface area contributed by atoms with Crippen molar-refractivity contribution in [3.63, 3.8) is 0 Å². The van der Waals surface area contributed by atoms with Crippen LogP contribution >= 0.6 is 0 Å². The number of alkyl halides is 3. The highest BCUT2D eigenvalue weighted by Gasteiger charge is 2.61. The Hall–Kier alpha value is -1.63. The van der Waals surface area contributed by atoms with E-state index in [-0.39, 0.29) is 24.0 Å². The topological polar surface area (TPSA) is 42.4 Å². The number of rotatable bonds is 3. The van der Waals surface area contributed by atoms with E-state index in [9.17, 15) is 18.0 Å². The summed E-state index contributed by atoms with van der Waals surface area (Å²) in [5.41, 5.74) is 0.156. The number of ether oxygens (including phenoxy) is 1. The minimum atomic E-state index is -4.42. The van der Waals surface area contributed by atoms with Crippen LogP contribution in [0.5, 0.6) is 0 Å². The van der Waals surface area contributed by atoms with Crippen LogP contribution in [0.2, 0.25) is 0 Å². The molecular weight excluding hydrogens is 453 g/mol. The lowest BCUT2D eigenvalue weighted by molar-refractivity contribution is -0.146. The standard InChI is InChI=1S/C28H37F3N2O2/c1-16(2)27(25(34)33-9-6-23-19(15-33)10-20(14-32-23)28(29,30)31)8-4-17(13-27)18-11-21-22(12-18)26(3)7-5-24(21)35-26/h10,14,16-18,21-22,24H,4-9,11-13,15H2,1-3H3/t17?,18?,21?,22?,24-,26+,27-/m0/s1. The number of nitrogens with zero attached hydrogens (tertiary/aromatic N) is 2. The van der Waals surface area contributed by atoms with Crippen molar-refractivity contribution in [3.8, 4) is 0 Å². The number of carbonyl (C=O) groups excluding carboxylic acids is 1. The van der Waals surface area contributed by atoms with Crippen molar-refractivity contribution in [1.82, 2.24) is 9.88 Å². The van der Waals surface area contributed by atoms with Crippen molar-refractivity contribution in [1.29, 1.82) is 0 Å². The van der Waals surface area contributed by atoms with Gasteiger partial charge in [0.05, 0.1) is 22.7 Å². The number of fused-ring (bicyclic) bond motifs is 6. The molecular formula is C28H37F3N2O2. The lowest BCUT2D eigenvalue weighted by Crippen LogP contribution is -2.47. The SMILES string of the molecule is CC(C)[C@]1(C(=O)N2CCc3ncc(C(F)(F)F)cc3C2)CCC(C2CC3C(C2)[C@@]2(C)CC[C@@H]3O2)C1. The second-order valence-corrected chi connectivity index (χ2v) is 12.6. The summed E-state index contributed by atoms with van der Waals surface area (Å²) in [6.07, 6.45) is 5.20. The van der Waals surface area contributed by atoms with Crippen LogP contribution < -0.4 is 0 Å². The molecule has 4 heterocycles. The van der Waals surface area contributed by atoms with E-state index < -0.39 is 17.2 Å². The molecule has 0 spiro atoms. The van der Waals surface area contributed by atoms with Gasteiger partial charge in [-0.05, 0) is 93.1 Å².